The number of aromatic nitrogens is 6. The van der Waals surface area contributed by atoms with Gasteiger partial charge in [-0.15, -0.1) is 5.10 Å². The van der Waals surface area contributed by atoms with Crippen molar-refractivity contribution in [3.05, 3.63) is 59.7 Å². The predicted molar refractivity (Wildman–Crippen MR) is 85.3 cm³/mol. The van der Waals surface area contributed by atoms with E-state index < -0.39 is 0 Å². The summed E-state index contributed by atoms with van der Waals surface area (Å²) in [5, 5.41) is 16.4. The Morgan fingerprint density at radius 1 is 1.21 bits per heavy atom. The van der Waals surface area contributed by atoms with Crippen molar-refractivity contribution in [1.29, 1.82) is 0 Å². The number of rotatable bonds is 4. The lowest BCUT2D eigenvalue weighted by atomic mass is 10.0. The molecule has 1 fully saturated rings. The molecule has 0 spiro atoms. The van der Waals surface area contributed by atoms with Crippen LogP contribution in [-0.2, 0) is 6.54 Å². The number of hydrogen-bond acceptors (Lipinski definition) is 5. The molecule has 0 atom stereocenters. The van der Waals surface area contributed by atoms with Crippen molar-refractivity contribution in [2.24, 2.45) is 0 Å². The van der Waals surface area contributed by atoms with Gasteiger partial charge >= 0.3 is 0 Å². The monoisotopic (exact) mass is 323 g/mol. The van der Waals surface area contributed by atoms with Gasteiger partial charge in [0, 0.05) is 18.7 Å². The molecule has 3 aromatic rings. The Morgan fingerprint density at radius 2 is 1.96 bits per heavy atom. The highest BCUT2D eigenvalue weighted by atomic mass is 16.2. The first-order chi connectivity index (χ1) is 11.7. The molecule has 2 aromatic heterocycles. The minimum absolute atomic E-state index is 0.0745. The molecule has 8 heteroatoms. The number of carbonyl (C=O) groups is 1. The van der Waals surface area contributed by atoms with E-state index in [-0.39, 0.29) is 11.9 Å². The summed E-state index contributed by atoms with van der Waals surface area (Å²) in [4.78, 5) is 15.9. The van der Waals surface area contributed by atoms with Crippen LogP contribution in [0, 0.1) is 6.92 Å². The van der Waals surface area contributed by atoms with Gasteiger partial charge in [-0.25, -0.2) is 4.68 Å². The van der Waals surface area contributed by atoms with E-state index >= 15 is 0 Å². The van der Waals surface area contributed by atoms with Gasteiger partial charge in [0.1, 0.15) is 12.2 Å². The van der Waals surface area contributed by atoms with Crippen molar-refractivity contribution < 1.29 is 4.79 Å². The second-order valence-electron chi connectivity index (χ2n) is 5.93. The van der Waals surface area contributed by atoms with Gasteiger partial charge < -0.3 is 4.90 Å². The van der Waals surface area contributed by atoms with E-state index in [2.05, 4.69) is 20.5 Å². The first-order valence-corrected chi connectivity index (χ1v) is 7.80. The van der Waals surface area contributed by atoms with Crippen molar-refractivity contribution in [3.63, 3.8) is 0 Å². The molecule has 1 aliphatic heterocycles. The van der Waals surface area contributed by atoms with Crippen molar-refractivity contribution in [1.82, 2.24) is 34.9 Å². The van der Waals surface area contributed by atoms with Crippen LogP contribution in [0.3, 0.4) is 0 Å². The first kappa shape index (κ1) is 14.6. The Bertz CT molecular complexity index is 849. The second kappa shape index (κ2) is 5.88. The second-order valence-corrected chi connectivity index (χ2v) is 5.93. The Labute approximate surface area is 138 Å². The minimum atomic E-state index is 0.0745. The van der Waals surface area contributed by atoms with Crippen LogP contribution in [-0.4, -0.2) is 53.9 Å². The fraction of sp³-hybridized carbons (Fsp3) is 0.312. The molecule has 122 valence electrons. The van der Waals surface area contributed by atoms with E-state index in [1.807, 2.05) is 47.0 Å². The molecule has 3 heterocycles. The van der Waals surface area contributed by atoms with Crippen LogP contribution in [0.5, 0.6) is 0 Å². The molecule has 1 aliphatic rings. The van der Waals surface area contributed by atoms with Crippen molar-refractivity contribution in [2.45, 2.75) is 19.5 Å². The summed E-state index contributed by atoms with van der Waals surface area (Å²) in [5.41, 5.74) is 2.57. The number of carbonyl (C=O) groups excluding carboxylic acids is 1. The lowest BCUT2D eigenvalue weighted by molar-refractivity contribution is 0.0497. The number of benzene rings is 1. The van der Waals surface area contributed by atoms with Gasteiger partial charge in [0.15, 0.2) is 0 Å². The average molecular weight is 323 g/mol. The summed E-state index contributed by atoms with van der Waals surface area (Å²) < 4.78 is 1.82. The zero-order valence-corrected chi connectivity index (χ0v) is 13.3. The third kappa shape index (κ3) is 2.66. The smallest absolute Gasteiger partial charge is 0.254 e. The van der Waals surface area contributed by atoms with Crippen LogP contribution in [0.4, 0.5) is 0 Å². The SMILES string of the molecule is Cc1ccccc1C(=O)N1CC(n2cc(Cn3nccn3)nn2)C1. The Hall–Kier alpha value is -3.03. The number of likely N-dealkylation sites (tertiary alicyclic amines) is 1. The minimum Gasteiger partial charge on any atom is -0.334 e. The molecule has 0 saturated carbocycles. The largest absolute Gasteiger partial charge is 0.334 e. The van der Waals surface area contributed by atoms with Crippen LogP contribution >= 0.6 is 0 Å². The Balaban J connectivity index is 1.38. The van der Waals surface area contributed by atoms with E-state index in [1.54, 1.807) is 17.2 Å². The molecule has 1 aromatic carbocycles. The Kier molecular flexibility index (Phi) is 3.56. The van der Waals surface area contributed by atoms with E-state index in [4.69, 9.17) is 0 Å². The summed E-state index contributed by atoms with van der Waals surface area (Å²) >= 11 is 0. The predicted octanol–water partition coefficient (Wildman–Crippen LogP) is 0.923. The number of hydrogen-bond donors (Lipinski definition) is 0. The molecular weight excluding hydrogens is 306 g/mol. The van der Waals surface area contributed by atoms with Crippen LogP contribution in [0.25, 0.3) is 0 Å². The highest BCUT2D eigenvalue weighted by Crippen LogP contribution is 2.23. The molecule has 0 unspecified atom stereocenters. The third-order valence-corrected chi connectivity index (χ3v) is 4.23. The zero-order valence-electron chi connectivity index (χ0n) is 13.3. The molecule has 1 amide bonds. The van der Waals surface area contributed by atoms with Crippen LogP contribution in [0.2, 0.25) is 0 Å². The van der Waals surface area contributed by atoms with E-state index in [9.17, 15) is 4.79 Å². The third-order valence-electron chi connectivity index (χ3n) is 4.23. The summed E-state index contributed by atoms with van der Waals surface area (Å²) in [7, 11) is 0. The molecule has 0 N–H and O–H groups in total. The molecule has 1 saturated heterocycles. The van der Waals surface area contributed by atoms with Crippen LogP contribution in [0.1, 0.15) is 27.7 Å². The van der Waals surface area contributed by atoms with Gasteiger partial charge in [-0.1, -0.05) is 23.4 Å². The fourth-order valence-electron chi connectivity index (χ4n) is 2.81. The van der Waals surface area contributed by atoms with Gasteiger partial charge in [-0.05, 0) is 18.6 Å². The summed E-state index contributed by atoms with van der Waals surface area (Å²) in [5.74, 6) is 0.0745. The van der Waals surface area contributed by atoms with Gasteiger partial charge in [0.25, 0.3) is 5.91 Å². The Morgan fingerprint density at radius 3 is 2.71 bits per heavy atom. The van der Waals surface area contributed by atoms with Crippen LogP contribution in [0.15, 0.2) is 42.9 Å². The summed E-state index contributed by atoms with van der Waals surface area (Å²) in [6, 6.07) is 7.83. The highest BCUT2D eigenvalue weighted by Gasteiger charge is 2.33. The summed E-state index contributed by atoms with van der Waals surface area (Å²) in [6.07, 6.45) is 5.15. The summed E-state index contributed by atoms with van der Waals surface area (Å²) in [6.45, 7) is 3.75. The lowest BCUT2D eigenvalue weighted by Gasteiger charge is -2.39. The molecular formula is C16H17N7O. The molecule has 0 bridgehead atoms. The number of nitrogens with zero attached hydrogens (tertiary/aromatic N) is 7. The maximum Gasteiger partial charge on any atom is 0.254 e. The van der Waals surface area contributed by atoms with E-state index in [0.717, 1.165) is 16.8 Å². The van der Waals surface area contributed by atoms with Crippen LogP contribution < -0.4 is 0 Å². The zero-order chi connectivity index (χ0) is 16.5. The maximum absolute atomic E-state index is 12.5. The lowest BCUT2D eigenvalue weighted by Crippen LogP contribution is -2.51. The molecule has 4 rings (SSSR count). The van der Waals surface area contributed by atoms with Crippen molar-refractivity contribution >= 4 is 5.91 Å². The van der Waals surface area contributed by atoms with Gasteiger partial charge in [0.05, 0.1) is 24.6 Å². The average Bonchev–Trinajstić information content (AvgIpc) is 3.19. The highest BCUT2D eigenvalue weighted by molar-refractivity contribution is 5.96. The molecule has 0 radical (unpaired) electrons. The van der Waals surface area contributed by atoms with Gasteiger partial charge in [-0.3, -0.25) is 4.79 Å². The fourth-order valence-corrected chi connectivity index (χ4v) is 2.81. The number of aryl methyl sites for hydroxylation is 1. The topological polar surface area (TPSA) is 81.7 Å². The molecule has 8 nitrogen and oxygen atoms in total. The first-order valence-electron chi connectivity index (χ1n) is 7.80. The van der Waals surface area contributed by atoms with E-state index in [1.165, 1.54) is 0 Å². The van der Waals surface area contributed by atoms with Crippen molar-refractivity contribution in [2.75, 3.05) is 13.1 Å². The van der Waals surface area contributed by atoms with Gasteiger partial charge in [-0.2, -0.15) is 15.0 Å². The number of amides is 1. The maximum atomic E-state index is 12.5. The normalized spacial score (nSPS) is 14.6. The standard InChI is InChI=1S/C16H17N7O/c1-12-4-2-3-5-15(12)16(24)21-10-14(11-21)22-8-13(19-20-22)9-23-17-6-7-18-23/h2-8,14H,9-11H2,1H3. The molecule has 0 aliphatic carbocycles. The quantitative estimate of drug-likeness (QED) is 0.713. The van der Waals surface area contributed by atoms with Crippen molar-refractivity contribution in [3.8, 4) is 0 Å². The molecule has 24 heavy (non-hydrogen) atoms. The van der Waals surface area contributed by atoms with E-state index in [0.29, 0.717) is 19.6 Å². The van der Waals surface area contributed by atoms with Gasteiger partial charge in [0.2, 0.25) is 0 Å².